The van der Waals surface area contributed by atoms with E-state index in [0.717, 1.165) is 24.5 Å². The van der Waals surface area contributed by atoms with E-state index in [1.807, 2.05) is 12.1 Å². The Morgan fingerprint density at radius 3 is 2.50 bits per heavy atom. The van der Waals surface area contributed by atoms with E-state index in [1.165, 1.54) is 35.9 Å². The molecular formula is C22H23F3N2O. The van der Waals surface area contributed by atoms with Gasteiger partial charge in [-0.1, -0.05) is 42.5 Å². The normalized spacial score (nSPS) is 15.9. The van der Waals surface area contributed by atoms with Crippen LogP contribution in [0.3, 0.4) is 0 Å². The summed E-state index contributed by atoms with van der Waals surface area (Å²) in [5.41, 5.74) is 7.27. The first kappa shape index (κ1) is 20.1. The van der Waals surface area contributed by atoms with Crippen LogP contribution < -0.4 is 5.73 Å². The average Bonchev–Trinajstić information content (AvgIpc) is 2.71. The Labute approximate surface area is 162 Å². The van der Waals surface area contributed by atoms with Gasteiger partial charge in [-0.05, 0) is 47.6 Å². The number of rotatable bonds is 4. The van der Waals surface area contributed by atoms with Crippen molar-refractivity contribution in [2.45, 2.75) is 31.5 Å². The number of hydrogen-bond acceptors (Lipinski definition) is 2. The summed E-state index contributed by atoms with van der Waals surface area (Å²) in [6, 6.07) is 13.4. The lowest BCUT2D eigenvalue weighted by molar-refractivity contribution is -0.137. The molecule has 1 aliphatic rings. The molecule has 0 aliphatic carbocycles. The molecular weight excluding hydrogens is 365 g/mol. The van der Waals surface area contributed by atoms with E-state index in [2.05, 4.69) is 12.1 Å². The van der Waals surface area contributed by atoms with Crippen molar-refractivity contribution in [1.82, 2.24) is 4.90 Å². The molecule has 3 nitrogen and oxygen atoms in total. The third kappa shape index (κ3) is 4.81. The highest BCUT2D eigenvalue weighted by atomic mass is 19.4. The van der Waals surface area contributed by atoms with E-state index in [9.17, 15) is 18.0 Å². The summed E-state index contributed by atoms with van der Waals surface area (Å²) in [7, 11) is 0. The number of hydrogen-bond donors (Lipinski definition) is 1. The molecule has 1 saturated heterocycles. The fourth-order valence-electron chi connectivity index (χ4n) is 3.57. The number of halogens is 3. The molecule has 0 radical (unpaired) electrons. The fourth-order valence-corrected chi connectivity index (χ4v) is 3.57. The number of alkyl halides is 3. The SMILES string of the molecule is NCc1cccc(C2CCN(C(=O)/C=C/c3ccccc3C(F)(F)F)CC2)c1. The summed E-state index contributed by atoms with van der Waals surface area (Å²) >= 11 is 0. The minimum absolute atomic E-state index is 0.00293. The van der Waals surface area contributed by atoms with E-state index in [-0.39, 0.29) is 11.5 Å². The van der Waals surface area contributed by atoms with Gasteiger partial charge in [-0.3, -0.25) is 4.79 Å². The lowest BCUT2D eigenvalue weighted by atomic mass is 9.88. The zero-order chi connectivity index (χ0) is 20.1. The molecule has 1 amide bonds. The second kappa shape index (κ2) is 8.61. The lowest BCUT2D eigenvalue weighted by Gasteiger charge is -2.31. The molecule has 2 aromatic carbocycles. The van der Waals surface area contributed by atoms with Crippen LogP contribution in [0.2, 0.25) is 0 Å². The van der Waals surface area contributed by atoms with Gasteiger partial charge in [0.15, 0.2) is 0 Å². The van der Waals surface area contributed by atoms with Gasteiger partial charge in [0.05, 0.1) is 5.56 Å². The molecule has 1 aliphatic heterocycles. The Bertz CT molecular complexity index is 853. The predicted molar refractivity (Wildman–Crippen MR) is 103 cm³/mol. The number of likely N-dealkylation sites (tertiary alicyclic amines) is 1. The van der Waals surface area contributed by atoms with E-state index in [0.29, 0.717) is 25.6 Å². The topological polar surface area (TPSA) is 46.3 Å². The summed E-state index contributed by atoms with van der Waals surface area (Å²) < 4.78 is 39.1. The Hall–Kier alpha value is -2.60. The van der Waals surface area contributed by atoms with Crippen molar-refractivity contribution in [2.24, 2.45) is 5.73 Å². The minimum atomic E-state index is -4.44. The van der Waals surface area contributed by atoms with Gasteiger partial charge in [0.25, 0.3) is 0 Å². The second-order valence-electron chi connectivity index (χ2n) is 6.97. The number of nitrogens with zero attached hydrogens (tertiary/aromatic N) is 1. The van der Waals surface area contributed by atoms with Gasteiger partial charge in [-0.25, -0.2) is 0 Å². The quantitative estimate of drug-likeness (QED) is 0.779. The Balaban J connectivity index is 1.62. The number of nitrogens with two attached hydrogens (primary N) is 1. The molecule has 28 heavy (non-hydrogen) atoms. The lowest BCUT2D eigenvalue weighted by Crippen LogP contribution is -2.36. The maximum Gasteiger partial charge on any atom is 0.416 e. The van der Waals surface area contributed by atoms with Crippen LogP contribution in [0.1, 0.15) is 41.0 Å². The average molecular weight is 388 g/mol. The van der Waals surface area contributed by atoms with Crippen LogP contribution in [0.25, 0.3) is 6.08 Å². The Kier molecular flexibility index (Phi) is 6.19. The van der Waals surface area contributed by atoms with Crippen molar-refractivity contribution in [2.75, 3.05) is 13.1 Å². The number of amides is 1. The van der Waals surface area contributed by atoms with Crippen molar-refractivity contribution in [3.63, 3.8) is 0 Å². The van der Waals surface area contributed by atoms with E-state index < -0.39 is 11.7 Å². The molecule has 148 valence electrons. The maximum atomic E-state index is 13.0. The fraction of sp³-hybridized carbons (Fsp3) is 0.318. The first-order valence-electron chi connectivity index (χ1n) is 9.30. The summed E-state index contributed by atoms with van der Waals surface area (Å²) in [5, 5.41) is 0. The standard InChI is InChI=1S/C22H23F3N2O/c23-22(24,25)20-7-2-1-5-18(20)8-9-21(28)27-12-10-17(11-13-27)19-6-3-4-16(14-19)15-26/h1-9,14,17H,10-13,15,26H2/b9-8+. The van der Waals surface area contributed by atoms with Gasteiger partial charge in [0.2, 0.25) is 5.91 Å². The minimum Gasteiger partial charge on any atom is -0.339 e. The summed E-state index contributed by atoms with van der Waals surface area (Å²) in [4.78, 5) is 14.1. The molecule has 0 unspecified atom stereocenters. The zero-order valence-electron chi connectivity index (χ0n) is 15.5. The van der Waals surface area contributed by atoms with Crippen LogP contribution in [-0.2, 0) is 17.5 Å². The van der Waals surface area contributed by atoms with Gasteiger partial charge >= 0.3 is 6.18 Å². The highest BCUT2D eigenvalue weighted by molar-refractivity contribution is 5.92. The highest BCUT2D eigenvalue weighted by Gasteiger charge is 2.32. The molecule has 0 saturated carbocycles. The molecule has 0 aromatic heterocycles. The van der Waals surface area contributed by atoms with Gasteiger partial charge in [0, 0.05) is 25.7 Å². The largest absolute Gasteiger partial charge is 0.416 e. The van der Waals surface area contributed by atoms with Crippen molar-refractivity contribution in [3.8, 4) is 0 Å². The van der Waals surface area contributed by atoms with E-state index >= 15 is 0 Å². The van der Waals surface area contributed by atoms with Crippen LogP contribution in [0.5, 0.6) is 0 Å². The molecule has 0 bridgehead atoms. The van der Waals surface area contributed by atoms with Gasteiger partial charge in [0.1, 0.15) is 0 Å². The molecule has 2 aromatic rings. The van der Waals surface area contributed by atoms with Crippen LogP contribution in [0.4, 0.5) is 13.2 Å². The van der Waals surface area contributed by atoms with Crippen LogP contribution in [0, 0.1) is 0 Å². The molecule has 0 spiro atoms. The summed E-state index contributed by atoms with van der Waals surface area (Å²) in [5.74, 6) is 0.108. The summed E-state index contributed by atoms with van der Waals surface area (Å²) in [6.45, 7) is 1.67. The van der Waals surface area contributed by atoms with Crippen molar-refractivity contribution in [3.05, 3.63) is 76.9 Å². The number of benzene rings is 2. The van der Waals surface area contributed by atoms with Crippen molar-refractivity contribution < 1.29 is 18.0 Å². The monoisotopic (exact) mass is 388 g/mol. The molecule has 1 heterocycles. The molecule has 6 heteroatoms. The predicted octanol–water partition coefficient (Wildman–Crippen LogP) is 4.58. The number of carbonyl (C=O) groups excluding carboxylic acids is 1. The van der Waals surface area contributed by atoms with Crippen LogP contribution >= 0.6 is 0 Å². The highest BCUT2D eigenvalue weighted by Crippen LogP contribution is 2.32. The Morgan fingerprint density at radius 2 is 1.82 bits per heavy atom. The molecule has 1 fully saturated rings. The van der Waals surface area contributed by atoms with Gasteiger partial charge < -0.3 is 10.6 Å². The third-order valence-electron chi connectivity index (χ3n) is 5.14. The Morgan fingerprint density at radius 1 is 1.11 bits per heavy atom. The summed E-state index contributed by atoms with van der Waals surface area (Å²) in [6.07, 6.45) is -0.304. The van der Waals surface area contributed by atoms with E-state index in [4.69, 9.17) is 5.73 Å². The molecule has 3 rings (SSSR count). The third-order valence-corrected chi connectivity index (χ3v) is 5.14. The maximum absolute atomic E-state index is 13.0. The first-order chi connectivity index (χ1) is 13.4. The van der Waals surface area contributed by atoms with Gasteiger partial charge in [-0.15, -0.1) is 0 Å². The van der Waals surface area contributed by atoms with Crippen LogP contribution in [0.15, 0.2) is 54.6 Å². The number of carbonyl (C=O) groups is 1. The van der Waals surface area contributed by atoms with Crippen LogP contribution in [-0.4, -0.2) is 23.9 Å². The first-order valence-corrected chi connectivity index (χ1v) is 9.30. The molecule has 0 atom stereocenters. The number of piperidine rings is 1. The zero-order valence-corrected chi connectivity index (χ0v) is 15.5. The smallest absolute Gasteiger partial charge is 0.339 e. The van der Waals surface area contributed by atoms with E-state index in [1.54, 1.807) is 4.90 Å². The van der Waals surface area contributed by atoms with Crippen molar-refractivity contribution >= 4 is 12.0 Å². The van der Waals surface area contributed by atoms with Crippen molar-refractivity contribution in [1.29, 1.82) is 0 Å². The molecule has 2 N–H and O–H groups in total. The second-order valence-corrected chi connectivity index (χ2v) is 6.97. The van der Waals surface area contributed by atoms with Gasteiger partial charge in [-0.2, -0.15) is 13.2 Å².